The third-order valence-electron chi connectivity index (χ3n) is 3.99. The minimum atomic E-state index is -0.623. The Morgan fingerprint density at radius 3 is 1.42 bits per heavy atom. The molecule has 7 nitrogen and oxygen atoms in total. The van der Waals surface area contributed by atoms with E-state index in [0.29, 0.717) is 39.6 Å². The summed E-state index contributed by atoms with van der Waals surface area (Å²) >= 11 is 0. The van der Waals surface area contributed by atoms with Crippen LogP contribution in [0.5, 0.6) is 0 Å². The van der Waals surface area contributed by atoms with E-state index in [4.69, 9.17) is 28.4 Å². The van der Waals surface area contributed by atoms with Crippen LogP contribution in [0.15, 0.2) is 0 Å². The van der Waals surface area contributed by atoms with Crippen LogP contribution >= 0.6 is 0 Å². The van der Waals surface area contributed by atoms with Crippen LogP contribution in [0.2, 0.25) is 0 Å². The smallest absolute Gasteiger partial charge is 0.101 e. The van der Waals surface area contributed by atoms with Crippen molar-refractivity contribution >= 4 is 0 Å². The molecule has 0 aromatic rings. The fourth-order valence-electron chi connectivity index (χ4n) is 2.27. The Hall–Kier alpha value is -0.280. The minimum Gasteiger partial charge on any atom is -0.388 e. The third kappa shape index (κ3) is 15.9. The van der Waals surface area contributed by atoms with Crippen molar-refractivity contribution in [2.45, 2.75) is 57.8 Å². The molecule has 2 unspecified atom stereocenters. The maximum absolute atomic E-state index is 10.1. The van der Waals surface area contributed by atoms with Gasteiger partial charge in [0.1, 0.15) is 6.10 Å². The standard InChI is InChI=1S/C19H40O7/c1-5-18(7-9-23-13-11-21-3)25-15-17(20)16-26-19(6-2)8-10-24-14-12-22-4/h17-20H,5-16H2,1-4H3. The van der Waals surface area contributed by atoms with Gasteiger partial charge in [0.15, 0.2) is 0 Å². The number of aliphatic hydroxyl groups is 1. The molecule has 0 aliphatic carbocycles. The monoisotopic (exact) mass is 380 g/mol. The fraction of sp³-hybridized carbons (Fsp3) is 1.00. The molecule has 1 N–H and O–H groups in total. The number of ether oxygens (including phenoxy) is 6. The Kier molecular flexibility index (Phi) is 19.3. The van der Waals surface area contributed by atoms with E-state index in [1.807, 2.05) is 0 Å². The molecular formula is C19H40O7. The number of methoxy groups -OCH3 is 2. The van der Waals surface area contributed by atoms with Gasteiger partial charge in [-0.1, -0.05) is 13.8 Å². The summed E-state index contributed by atoms with van der Waals surface area (Å²) in [5, 5.41) is 10.1. The van der Waals surface area contributed by atoms with Crippen molar-refractivity contribution in [2.75, 3.05) is 67.1 Å². The Balaban J connectivity index is 3.77. The number of hydrogen-bond donors (Lipinski definition) is 1. The van der Waals surface area contributed by atoms with Gasteiger partial charge in [-0.05, 0) is 25.7 Å². The molecule has 26 heavy (non-hydrogen) atoms. The number of hydrogen-bond acceptors (Lipinski definition) is 7. The van der Waals surface area contributed by atoms with Gasteiger partial charge >= 0.3 is 0 Å². The summed E-state index contributed by atoms with van der Waals surface area (Å²) in [5.74, 6) is 0. The van der Waals surface area contributed by atoms with E-state index in [1.165, 1.54) is 0 Å². The normalized spacial score (nSPS) is 15.1. The van der Waals surface area contributed by atoms with Gasteiger partial charge in [0.05, 0.1) is 51.8 Å². The molecule has 0 aromatic heterocycles. The van der Waals surface area contributed by atoms with Crippen molar-refractivity contribution in [2.24, 2.45) is 0 Å². The van der Waals surface area contributed by atoms with Crippen LogP contribution in [0.3, 0.4) is 0 Å². The molecule has 0 saturated heterocycles. The first-order valence-electron chi connectivity index (χ1n) is 9.72. The lowest BCUT2D eigenvalue weighted by Crippen LogP contribution is -2.28. The van der Waals surface area contributed by atoms with Gasteiger partial charge in [-0.25, -0.2) is 0 Å². The highest BCUT2D eigenvalue weighted by molar-refractivity contribution is 4.61. The summed E-state index contributed by atoms with van der Waals surface area (Å²) in [4.78, 5) is 0. The molecule has 7 heteroatoms. The molecule has 0 fully saturated rings. The lowest BCUT2D eigenvalue weighted by molar-refractivity contribution is -0.0735. The minimum absolute atomic E-state index is 0.0864. The molecule has 0 spiro atoms. The van der Waals surface area contributed by atoms with Crippen molar-refractivity contribution < 1.29 is 33.5 Å². The van der Waals surface area contributed by atoms with E-state index in [-0.39, 0.29) is 25.4 Å². The van der Waals surface area contributed by atoms with Crippen LogP contribution in [0.1, 0.15) is 39.5 Å². The molecule has 0 aliphatic heterocycles. The van der Waals surface area contributed by atoms with Crippen LogP contribution in [-0.2, 0) is 28.4 Å². The molecule has 0 bridgehead atoms. The van der Waals surface area contributed by atoms with E-state index in [2.05, 4.69) is 13.8 Å². The van der Waals surface area contributed by atoms with Gasteiger partial charge in [0, 0.05) is 27.4 Å². The SMILES string of the molecule is CCC(CCOCCOC)OCC(O)COC(CC)CCOCCOC. The molecule has 0 heterocycles. The van der Waals surface area contributed by atoms with Gasteiger partial charge in [-0.3, -0.25) is 0 Å². The second-order valence-corrected chi connectivity index (χ2v) is 6.17. The molecule has 2 atom stereocenters. The molecule has 0 aliphatic rings. The molecule has 158 valence electrons. The Bertz CT molecular complexity index is 253. The third-order valence-corrected chi connectivity index (χ3v) is 3.99. The first-order chi connectivity index (χ1) is 12.7. The zero-order valence-electron chi connectivity index (χ0n) is 17.1. The number of rotatable bonds is 20. The summed E-state index contributed by atoms with van der Waals surface area (Å²) in [6.45, 7) is 8.35. The molecule has 0 amide bonds. The van der Waals surface area contributed by atoms with Crippen LogP contribution in [0, 0.1) is 0 Å². The van der Waals surface area contributed by atoms with E-state index < -0.39 is 6.10 Å². The van der Waals surface area contributed by atoms with Gasteiger partial charge in [-0.15, -0.1) is 0 Å². The lowest BCUT2D eigenvalue weighted by atomic mass is 10.2. The van der Waals surface area contributed by atoms with E-state index in [1.54, 1.807) is 14.2 Å². The summed E-state index contributed by atoms with van der Waals surface area (Å²) in [5.41, 5.74) is 0. The van der Waals surface area contributed by atoms with E-state index >= 15 is 0 Å². The Morgan fingerprint density at radius 1 is 0.654 bits per heavy atom. The average Bonchev–Trinajstić information content (AvgIpc) is 2.66. The van der Waals surface area contributed by atoms with Crippen molar-refractivity contribution in [1.82, 2.24) is 0 Å². The summed E-state index contributed by atoms with van der Waals surface area (Å²) in [7, 11) is 3.31. The predicted molar refractivity (Wildman–Crippen MR) is 101 cm³/mol. The Labute approximate surface area is 159 Å². The van der Waals surface area contributed by atoms with Crippen molar-refractivity contribution in [3.63, 3.8) is 0 Å². The molecule has 0 rings (SSSR count). The van der Waals surface area contributed by atoms with Crippen molar-refractivity contribution in [3.8, 4) is 0 Å². The summed E-state index contributed by atoms with van der Waals surface area (Å²) < 4.78 is 32.3. The first kappa shape index (κ1) is 25.7. The largest absolute Gasteiger partial charge is 0.388 e. The Morgan fingerprint density at radius 2 is 1.08 bits per heavy atom. The van der Waals surface area contributed by atoms with Crippen molar-refractivity contribution in [3.05, 3.63) is 0 Å². The van der Waals surface area contributed by atoms with Crippen LogP contribution in [-0.4, -0.2) is 90.5 Å². The number of aliphatic hydroxyl groups excluding tert-OH is 1. The van der Waals surface area contributed by atoms with Gasteiger partial charge in [0.2, 0.25) is 0 Å². The van der Waals surface area contributed by atoms with Gasteiger partial charge in [-0.2, -0.15) is 0 Å². The second-order valence-electron chi connectivity index (χ2n) is 6.17. The highest BCUT2D eigenvalue weighted by atomic mass is 16.5. The lowest BCUT2D eigenvalue weighted by Gasteiger charge is -2.21. The van der Waals surface area contributed by atoms with E-state index in [0.717, 1.165) is 25.7 Å². The average molecular weight is 381 g/mol. The summed E-state index contributed by atoms with van der Waals surface area (Å²) in [6, 6.07) is 0. The maximum Gasteiger partial charge on any atom is 0.101 e. The van der Waals surface area contributed by atoms with Gasteiger partial charge in [0.25, 0.3) is 0 Å². The van der Waals surface area contributed by atoms with Crippen LogP contribution in [0.25, 0.3) is 0 Å². The topological polar surface area (TPSA) is 75.6 Å². The first-order valence-corrected chi connectivity index (χ1v) is 9.72. The maximum atomic E-state index is 10.1. The van der Waals surface area contributed by atoms with Gasteiger partial charge < -0.3 is 33.5 Å². The zero-order chi connectivity index (χ0) is 19.5. The highest BCUT2D eigenvalue weighted by Gasteiger charge is 2.14. The van der Waals surface area contributed by atoms with Crippen LogP contribution in [0.4, 0.5) is 0 Å². The zero-order valence-corrected chi connectivity index (χ0v) is 17.1. The van der Waals surface area contributed by atoms with Crippen LogP contribution < -0.4 is 0 Å². The predicted octanol–water partition coefficient (Wildman–Crippen LogP) is 2.04. The molecule has 0 saturated carbocycles. The quantitative estimate of drug-likeness (QED) is 0.324. The van der Waals surface area contributed by atoms with Crippen molar-refractivity contribution in [1.29, 1.82) is 0 Å². The molecule has 0 radical (unpaired) electrons. The fourth-order valence-corrected chi connectivity index (χ4v) is 2.27. The van der Waals surface area contributed by atoms with E-state index in [9.17, 15) is 5.11 Å². The molecular weight excluding hydrogens is 340 g/mol. The second kappa shape index (κ2) is 19.5. The molecule has 0 aromatic carbocycles. The summed E-state index contributed by atoms with van der Waals surface area (Å²) in [6.07, 6.45) is 2.94. The highest BCUT2D eigenvalue weighted by Crippen LogP contribution is 2.08.